The van der Waals surface area contributed by atoms with Crippen molar-refractivity contribution in [2.24, 2.45) is 5.73 Å². The number of hydrogen-bond acceptors (Lipinski definition) is 3. The molecule has 0 saturated heterocycles. The number of nitrogens with two attached hydrogens (primary N) is 1. The lowest BCUT2D eigenvalue weighted by molar-refractivity contribution is -0.118. The van der Waals surface area contributed by atoms with Gasteiger partial charge in [0.15, 0.2) is 6.61 Å². The number of nitrogens with one attached hydrogen (secondary N) is 1. The van der Waals surface area contributed by atoms with Crippen molar-refractivity contribution in [3.63, 3.8) is 0 Å². The standard InChI is InChI=1S/C15H13ClN2O3/c16-10-4-3-5-11(8-10)18-14(19)9-21-13-7-2-1-6-12(13)15(17)20/h1-8H,9H2,(H2,17,20)(H,18,19). The highest BCUT2D eigenvalue weighted by atomic mass is 35.5. The van der Waals surface area contributed by atoms with Gasteiger partial charge in [0.1, 0.15) is 5.75 Å². The molecular weight excluding hydrogens is 292 g/mol. The van der Waals surface area contributed by atoms with Crippen molar-refractivity contribution >= 4 is 29.1 Å². The van der Waals surface area contributed by atoms with Crippen LogP contribution in [0.3, 0.4) is 0 Å². The van der Waals surface area contributed by atoms with E-state index in [1.165, 1.54) is 6.07 Å². The third-order valence-electron chi connectivity index (χ3n) is 2.62. The summed E-state index contributed by atoms with van der Waals surface area (Å²) in [7, 11) is 0. The fraction of sp³-hybridized carbons (Fsp3) is 0.0667. The third-order valence-corrected chi connectivity index (χ3v) is 2.85. The van der Waals surface area contributed by atoms with Crippen molar-refractivity contribution in [2.75, 3.05) is 11.9 Å². The van der Waals surface area contributed by atoms with E-state index >= 15 is 0 Å². The van der Waals surface area contributed by atoms with E-state index in [2.05, 4.69) is 5.32 Å². The van der Waals surface area contributed by atoms with Gasteiger partial charge in [-0.05, 0) is 30.3 Å². The molecule has 0 aliphatic carbocycles. The Bertz CT molecular complexity index is 673. The molecule has 2 aromatic rings. The molecule has 0 radical (unpaired) electrons. The van der Waals surface area contributed by atoms with Crippen LogP contribution in [-0.2, 0) is 4.79 Å². The molecule has 0 aliphatic heterocycles. The Balaban J connectivity index is 1.97. The molecule has 0 saturated carbocycles. The number of amides is 2. The van der Waals surface area contributed by atoms with Gasteiger partial charge in [-0.1, -0.05) is 29.8 Å². The Hall–Kier alpha value is -2.53. The molecule has 0 aliphatic rings. The number of benzene rings is 2. The Morgan fingerprint density at radius 3 is 2.62 bits per heavy atom. The van der Waals surface area contributed by atoms with Crippen molar-refractivity contribution in [2.45, 2.75) is 0 Å². The summed E-state index contributed by atoms with van der Waals surface area (Å²) in [6.07, 6.45) is 0. The van der Waals surface area contributed by atoms with Crippen LogP contribution in [0.15, 0.2) is 48.5 Å². The lowest BCUT2D eigenvalue weighted by Crippen LogP contribution is -2.21. The van der Waals surface area contributed by atoms with Crippen LogP contribution in [0.25, 0.3) is 0 Å². The van der Waals surface area contributed by atoms with Gasteiger partial charge in [0.25, 0.3) is 11.8 Å². The van der Waals surface area contributed by atoms with Gasteiger partial charge >= 0.3 is 0 Å². The molecule has 2 aromatic carbocycles. The zero-order chi connectivity index (χ0) is 15.2. The van der Waals surface area contributed by atoms with Crippen LogP contribution in [0, 0.1) is 0 Å². The Morgan fingerprint density at radius 1 is 1.14 bits per heavy atom. The van der Waals surface area contributed by atoms with E-state index in [-0.39, 0.29) is 23.8 Å². The topological polar surface area (TPSA) is 81.4 Å². The van der Waals surface area contributed by atoms with Gasteiger partial charge in [-0.15, -0.1) is 0 Å². The van der Waals surface area contributed by atoms with E-state index in [1.54, 1.807) is 42.5 Å². The van der Waals surface area contributed by atoms with Gasteiger partial charge in [0.2, 0.25) is 0 Å². The first-order valence-electron chi connectivity index (χ1n) is 6.13. The van der Waals surface area contributed by atoms with E-state index in [0.717, 1.165) is 0 Å². The fourth-order valence-electron chi connectivity index (χ4n) is 1.70. The molecule has 0 atom stereocenters. The number of ether oxygens (including phenoxy) is 1. The van der Waals surface area contributed by atoms with Crippen LogP contribution >= 0.6 is 11.6 Å². The van der Waals surface area contributed by atoms with Crippen molar-refractivity contribution in [1.29, 1.82) is 0 Å². The quantitative estimate of drug-likeness (QED) is 0.890. The molecule has 0 unspecified atom stereocenters. The Morgan fingerprint density at radius 2 is 1.90 bits per heavy atom. The number of primary amides is 1. The van der Waals surface area contributed by atoms with Crippen molar-refractivity contribution in [1.82, 2.24) is 0 Å². The van der Waals surface area contributed by atoms with Gasteiger partial charge in [-0.3, -0.25) is 9.59 Å². The summed E-state index contributed by atoms with van der Waals surface area (Å²) in [5.41, 5.74) is 6.03. The number of carbonyl (C=O) groups excluding carboxylic acids is 2. The van der Waals surface area contributed by atoms with E-state index in [4.69, 9.17) is 22.1 Å². The predicted octanol–water partition coefficient (Wildman–Crippen LogP) is 2.46. The Kier molecular flexibility index (Phi) is 4.79. The minimum Gasteiger partial charge on any atom is -0.483 e. The number of para-hydroxylation sites is 1. The van der Waals surface area contributed by atoms with Crippen LogP contribution in [0.1, 0.15) is 10.4 Å². The summed E-state index contributed by atoms with van der Waals surface area (Å²) in [5, 5.41) is 3.16. The van der Waals surface area contributed by atoms with Gasteiger partial charge in [-0.2, -0.15) is 0 Å². The van der Waals surface area contributed by atoms with Crippen LogP contribution in [0.2, 0.25) is 5.02 Å². The number of hydrogen-bond donors (Lipinski definition) is 2. The molecule has 6 heteroatoms. The minimum atomic E-state index is -0.610. The maximum atomic E-state index is 11.8. The molecule has 0 spiro atoms. The van der Waals surface area contributed by atoms with Crippen LogP contribution < -0.4 is 15.8 Å². The SMILES string of the molecule is NC(=O)c1ccccc1OCC(=O)Nc1cccc(Cl)c1. The number of carbonyl (C=O) groups is 2. The van der Waals surface area contributed by atoms with E-state index in [1.807, 2.05) is 0 Å². The second kappa shape index (κ2) is 6.76. The molecule has 0 bridgehead atoms. The molecule has 0 aromatic heterocycles. The molecule has 5 nitrogen and oxygen atoms in total. The van der Waals surface area contributed by atoms with Crippen LogP contribution in [-0.4, -0.2) is 18.4 Å². The molecule has 108 valence electrons. The second-order valence-corrected chi connectivity index (χ2v) is 4.64. The average Bonchev–Trinajstić information content (AvgIpc) is 2.45. The average molecular weight is 305 g/mol. The molecule has 21 heavy (non-hydrogen) atoms. The maximum absolute atomic E-state index is 11.8. The zero-order valence-electron chi connectivity index (χ0n) is 11.0. The van der Waals surface area contributed by atoms with E-state index < -0.39 is 5.91 Å². The Labute approximate surface area is 126 Å². The summed E-state index contributed by atoms with van der Waals surface area (Å²) < 4.78 is 5.32. The molecule has 0 heterocycles. The monoisotopic (exact) mass is 304 g/mol. The lowest BCUT2D eigenvalue weighted by atomic mass is 10.2. The summed E-state index contributed by atoms with van der Waals surface area (Å²) in [5.74, 6) is -0.705. The number of rotatable bonds is 5. The first-order valence-corrected chi connectivity index (χ1v) is 6.51. The van der Waals surface area contributed by atoms with Crippen molar-refractivity contribution in [3.8, 4) is 5.75 Å². The molecule has 2 rings (SSSR count). The van der Waals surface area contributed by atoms with Crippen molar-refractivity contribution in [3.05, 3.63) is 59.1 Å². The zero-order valence-corrected chi connectivity index (χ0v) is 11.8. The highest BCUT2D eigenvalue weighted by molar-refractivity contribution is 6.30. The summed E-state index contributed by atoms with van der Waals surface area (Å²) in [6, 6.07) is 13.2. The van der Waals surface area contributed by atoms with Crippen LogP contribution in [0.5, 0.6) is 5.75 Å². The molecular formula is C15H13ClN2O3. The fourth-order valence-corrected chi connectivity index (χ4v) is 1.89. The first kappa shape index (κ1) is 14.9. The summed E-state index contributed by atoms with van der Waals surface area (Å²) >= 11 is 5.82. The second-order valence-electron chi connectivity index (χ2n) is 4.21. The summed E-state index contributed by atoms with van der Waals surface area (Å²) in [4.78, 5) is 23.0. The van der Waals surface area contributed by atoms with Gasteiger partial charge < -0.3 is 15.8 Å². The number of anilines is 1. The van der Waals surface area contributed by atoms with Gasteiger partial charge in [0.05, 0.1) is 5.56 Å². The molecule has 0 fully saturated rings. The number of halogens is 1. The molecule has 3 N–H and O–H groups in total. The van der Waals surface area contributed by atoms with Gasteiger partial charge in [-0.25, -0.2) is 0 Å². The van der Waals surface area contributed by atoms with Crippen molar-refractivity contribution < 1.29 is 14.3 Å². The minimum absolute atomic E-state index is 0.230. The molecule has 2 amide bonds. The third kappa shape index (κ3) is 4.22. The van der Waals surface area contributed by atoms with Crippen LogP contribution in [0.4, 0.5) is 5.69 Å². The normalized spacial score (nSPS) is 9.95. The smallest absolute Gasteiger partial charge is 0.262 e. The van der Waals surface area contributed by atoms with E-state index in [0.29, 0.717) is 10.7 Å². The largest absolute Gasteiger partial charge is 0.483 e. The maximum Gasteiger partial charge on any atom is 0.262 e. The van der Waals surface area contributed by atoms with Gasteiger partial charge in [0, 0.05) is 10.7 Å². The lowest BCUT2D eigenvalue weighted by Gasteiger charge is -2.10. The van der Waals surface area contributed by atoms with E-state index in [9.17, 15) is 9.59 Å². The highest BCUT2D eigenvalue weighted by Gasteiger charge is 2.10. The summed E-state index contributed by atoms with van der Waals surface area (Å²) in [6.45, 7) is -0.239. The predicted molar refractivity (Wildman–Crippen MR) is 80.5 cm³/mol. The first-order chi connectivity index (χ1) is 10.1. The highest BCUT2D eigenvalue weighted by Crippen LogP contribution is 2.18.